The molecule has 126 valence electrons. The average Bonchev–Trinajstić information content (AvgIpc) is 3.16. The van der Waals surface area contributed by atoms with Crippen molar-refractivity contribution in [2.24, 2.45) is 5.92 Å². The second kappa shape index (κ2) is 7.62. The van der Waals surface area contributed by atoms with Crippen molar-refractivity contribution in [2.75, 3.05) is 13.1 Å². The number of likely N-dealkylation sites (tertiary alicyclic amines) is 1. The largest absolute Gasteiger partial charge is 0.349 e. The standard InChI is InChI=1S/C19H22N2O2S/c1-14(15-6-3-2-4-7-15)20-18(22)16-9-11-21(12-10-16)19(23)17-8-5-13-24-17/h2-8,13-14,16H,9-12H2,1H3,(H,20,22)/t14-/m1/s1. The van der Waals surface area contributed by atoms with Gasteiger partial charge in [-0.2, -0.15) is 0 Å². The normalized spacial score (nSPS) is 16.6. The maximum Gasteiger partial charge on any atom is 0.263 e. The second-order valence-electron chi connectivity index (χ2n) is 6.18. The summed E-state index contributed by atoms with van der Waals surface area (Å²) in [6.45, 7) is 3.30. The van der Waals surface area contributed by atoms with E-state index >= 15 is 0 Å². The minimum absolute atomic E-state index is 0.00415. The van der Waals surface area contributed by atoms with Crippen LogP contribution in [0.25, 0.3) is 0 Å². The van der Waals surface area contributed by atoms with Gasteiger partial charge in [0.2, 0.25) is 5.91 Å². The zero-order valence-electron chi connectivity index (χ0n) is 13.8. The lowest BCUT2D eigenvalue weighted by Crippen LogP contribution is -2.43. The van der Waals surface area contributed by atoms with Crippen molar-refractivity contribution in [1.29, 1.82) is 0 Å². The Labute approximate surface area is 146 Å². The SMILES string of the molecule is C[C@@H](NC(=O)C1CCN(C(=O)c2cccs2)CC1)c1ccccc1. The highest BCUT2D eigenvalue weighted by Gasteiger charge is 2.28. The molecule has 2 aromatic rings. The number of hydrogen-bond acceptors (Lipinski definition) is 3. The van der Waals surface area contributed by atoms with Crippen molar-refractivity contribution >= 4 is 23.2 Å². The van der Waals surface area contributed by atoms with Crippen LogP contribution in [-0.4, -0.2) is 29.8 Å². The first-order valence-electron chi connectivity index (χ1n) is 8.33. The van der Waals surface area contributed by atoms with Gasteiger partial charge in [0.25, 0.3) is 5.91 Å². The van der Waals surface area contributed by atoms with Gasteiger partial charge in [0.05, 0.1) is 10.9 Å². The number of piperidine rings is 1. The monoisotopic (exact) mass is 342 g/mol. The molecule has 1 atom stereocenters. The van der Waals surface area contributed by atoms with Crippen LogP contribution in [0.2, 0.25) is 0 Å². The molecule has 2 heterocycles. The summed E-state index contributed by atoms with van der Waals surface area (Å²) in [6.07, 6.45) is 1.45. The van der Waals surface area contributed by atoms with Gasteiger partial charge in [-0.1, -0.05) is 36.4 Å². The van der Waals surface area contributed by atoms with E-state index in [4.69, 9.17) is 0 Å². The van der Waals surface area contributed by atoms with Gasteiger partial charge in [-0.25, -0.2) is 0 Å². The molecule has 5 heteroatoms. The first kappa shape index (κ1) is 16.7. The van der Waals surface area contributed by atoms with Crippen LogP contribution in [0.15, 0.2) is 47.8 Å². The Hall–Kier alpha value is -2.14. The molecular weight excluding hydrogens is 320 g/mol. The lowest BCUT2D eigenvalue weighted by atomic mass is 9.95. The summed E-state index contributed by atoms with van der Waals surface area (Å²) in [6, 6.07) is 13.7. The van der Waals surface area contributed by atoms with Gasteiger partial charge in [-0.3, -0.25) is 9.59 Å². The number of nitrogens with zero attached hydrogens (tertiary/aromatic N) is 1. The third-order valence-corrected chi connectivity index (χ3v) is 5.40. The Morgan fingerprint density at radius 1 is 1.12 bits per heavy atom. The van der Waals surface area contributed by atoms with Crippen molar-refractivity contribution in [1.82, 2.24) is 10.2 Å². The van der Waals surface area contributed by atoms with E-state index in [0.29, 0.717) is 13.1 Å². The van der Waals surface area contributed by atoms with Crippen LogP contribution in [0.3, 0.4) is 0 Å². The van der Waals surface area contributed by atoms with E-state index < -0.39 is 0 Å². The van der Waals surface area contributed by atoms with E-state index in [1.54, 1.807) is 0 Å². The fourth-order valence-corrected chi connectivity index (χ4v) is 3.75. The lowest BCUT2D eigenvalue weighted by Gasteiger charge is -2.31. The third-order valence-electron chi connectivity index (χ3n) is 4.54. The van der Waals surface area contributed by atoms with Crippen LogP contribution >= 0.6 is 11.3 Å². The van der Waals surface area contributed by atoms with Crippen molar-refractivity contribution < 1.29 is 9.59 Å². The van der Waals surface area contributed by atoms with Crippen molar-refractivity contribution in [3.8, 4) is 0 Å². The summed E-state index contributed by atoms with van der Waals surface area (Å²) in [5, 5.41) is 5.01. The minimum Gasteiger partial charge on any atom is -0.349 e. The van der Waals surface area contributed by atoms with E-state index in [1.807, 2.05) is 59.7 Å². The van der Waals surface area contributed by atoms with E-state index in [9.17, 15) is 9.59 Å². The van der Waals surface area contributed by atoms with E-state index in [1.165, 1.54) is 11.3 Å². The maximum atomic E-state index is 12.5. The highest BCUT2D eigenvalue weighted by Crippen LogP contribution is 2.22. The number of carbonyl (C=O) groups excluding carboxylic acids is 2. The third kappa shape index (κ3) is 3.85. The average molecular weight is 342 g/mol. The zero-order chi connectivity index (χ0) is 16.9. The Morgan fingerprint density at radius 3 is 2.46 bits per heavy atom. The first-order chi connectivity index (χ1) is 11.6. The van der Waals surface area contributed by atoms with Crippen LogP contribution in [0.4, 0.5) is 0 Å². The lowest BCUT2D eigenvalue weighted by molar-refractivity contribution is -0.126. The van der Waals surface area contributed by atoms with Gasteiger partial charge in [0.15, 0.2) is 0 Å². The predicted octanol–water partition coefficient (Wildman–Crippen LogP) is 3.48. The quantitative estimate of drug-likeness (QED) is 0.925. The van der Waals surface area contributed by atoms with Crippen molar-refractivity contribution in [3.63, 3.8) is 0 Å². The molecule has 4 nitrogen and oxygen atoms in total. The predicted molar refractivity (Wildman–Crippen MR) is 95.9 cm³/mol. The van der Waals surface area contributed by atoms with Crippen LogP contribution in [-0.2, 0) is 4.79 Å². The molecule has 0 radical (unpaired) electrons. The Balaban J connectivity index is 1.51. The molecule has 1 saturated heterocycles. The topological polar surface area (TPSA) is 49.4 Å². The Kier molecular flexibility index (Phi) is 5.30. The van der Waals surface area contributed by atoms with E-state index in [-0.39, 0.29) is 23.8 Å². The van der Waals surface area contributed by atoms with Gasteiger partial charge in [-0.05, 0) is 36.8 Å². The van der Waals surface area contributed by atoms with Crippen LogP contribution in [0.1, 0.15) is 41.0 Å². The van der Waals surface area contributed by atoms with E-state index in [2.05, 4.69) is 5.32 Å². The van der Waals surface area contributed by atoms with Gasteiger partial charge < -0.3 is 10.2 Å². The summed E-state index contributed by atoms with van der Waals surface area (Å²) < 4.78 is 0. The van der Waals surface area contributed by atoms with Crippen molar-refractivity contribution in [2.45, 2.75) is 25.8 Å². The number of rotatable bonds is 4. The fourth-order valence-electron chi connectivity index (χ4n) is 3.06. The maximum absolute atomic E-state index is 12.5. The molecule has 1 aliphatic rings. The molecule has 2 amide bonds. The summed E-state index contributed by atoms with van der Waals surface area (Å²) in [5.74, 6) is 0.166. The van der Waals surface area contributed by atoms with Crippen LogP contribution < -0.4 is 5.32 Å². The molecule has 0 saturated carbocycles. The molecule has 1 aromatic carbocycles. The summed E-state index contributed by atoms with van der Waals surface area (Å²) in [5.41, 5.74) is 1.11. The minimum atomic E-state index is -0.0106. The highest BCUT2D eigenvalue weighted by molar-refractivity contribution is 7.12. The smallest absolute Gasteiger partial charge is 0.263 e. The second-order valence-corrected chi connectivity index (χ2v) is 7.13. The van der Waals surface area contributed by atoms with E-state index in [0.717, 1.165) is 23.3 Å². The fraction of sp³-hybridized carbons (Fsp3) is 0.368. The highest BCUT2D eigenvalue weighted by atomic mass is 32.1. The van der Waals surface area contributed by atoms with Crippen LogP contribution in [0.5, 0.6) is 0 Å². The number of thiophene rings is 1. The van der Waals surface area contributed by atoms with Gasteiger partial charge in [0, 0.05) is 19.0 Å². The molecule has 0 bridgehead atoms. The molecule has 1 aliphatic heterocycles. The Morgan fingerprint density at radius 2 is 1.83 bits per heavy atom. The molecule has 1 fully saturated rings. The number of benzene rings is 1. The summed E-state index contributed by atoms with van der Waals surface area (Å²) in [4.78, 5) is 27.4. The van der Waals surface area contributed by atoms with Crippen LogP contribution in [0, 0.1) is 5.92 Å². The van der Waals surface area contributed by atoms with Gasteiger partial charge >= 0.3 is 0 Å². The summed E-state index contributed by atoms with van der Waals surface area (Å²) in [7, 11) is 0. The molecule has 0 aliphatic carbocycles. The summed E-state index contributed by atoms with van der Waals surface area (Å²) >= 11 is 1.47. The number of carbonyl (C=O) groups is 2. The molecule has 0 spiro atoms. The molecular formula is C19H22N2O2S. The molecule has 1 N–H and O–H groups in total. The van der Waals surface area contributed by atoms with Gasteiger partial charge in [-0.15, -0.1) is 11.3 Å². The van der Waals surface area contributed by atoms with Gasteiger partial charge in [0.1, 0.15) is 0 Å². The molecule has 1 aromatic heterocycles. The van der Waals surface area contributed by atoms with Crippen molar-refractivity contribution in [3.05, 3.63) is 58.3 Å². The zero-order valence-corrected chi connectivity index (χ0v) is 14.6. The molecule has 0 unspecified atom stereocenters. The molecule has 24 heavy (non-hydrogen) atoms. The number of hydrogen-bond donors (Lipinski definition) is 1. The Bertz CT molecular complexity index is 677. The first-order valence-corrected chi connectivity index (χ1v) is 9.21. The molecule has 3 rings (SSSR count). The number of nitrogens with one attached hydrogen (secondary N) is 1. The number of amides is 2.